The Morgan fingerprint density at radius 1 is 0.968 bits per heavy atom. The SMILES string of the molecule is Cc1cc(Br)ccc1NC(=O)CN(C)[C@H](C)c1cccc(NC(=O)c2ccccc2)c1. The number of hydrogen-bond acceptors (Lipinski definition) is 3. The maximum Gasteiger partial charge on any atom is 0.255 e. The number of likely N-dealkylation sites (N-methyl/N-ethyl adjacent to an activating group) is 1. The van der Waals surface area contributed by atoms with Crippen molar-refractivity contribution in [3.63, 3.8) is 0 Å². The molecule has 0 bridgehead atoms. The van der Waals surface area contributed by atoms with Gasteiger partial charge in [0.1, 0.15) is 0 Å². The minimum absolute atomic E-state index is 0.00894. The Morgan fingerprint density at radius 2 is 1.71 bits per heavy atom. The number of rotatable bonds is 7. The molecule has 2 N–H and O–H groups in total. The molecule has 0 aliphatic heterocycles. The summed E-state index contributed by atoms with van der Waals surface area (Å²) in [5, 5.41) is 5.91. The van der Waals surface area contributed by atoms with Crippen molar-refractivity contribution in [1.29, 1.82) is 0 Å². The van der Waals surface area contributed by atoms with Crippen LogP contribution in [0, 0.1) is 6.92 Å². The molecule has 0 fully saturated rings. The number of halogens is 1. The number of nitrogens with one attached hydrogen (secondary N) is 2. The van der Waals surface area contributed by atoms with E-state index in [-0.39, 0.29) is 24.4 Å². The average Bonchev–Trinajstić information content (AvgIpc) is 2.76. The maximum absolute atomic E-state index is 12.5. The zero-order valence-corrected chi connectivity index (χ0v) is 19.4. The number of hydrogen-bond donors (Lipinski definition) is 2. The van der Waals surface area contributed by atoms with E-state index in [0.29, 0.717) is 5.56 Å². The van der Waals surface area contributed by atoms with Crippen molar-refractivity contribution < 1.29 is 9.59 Å². The molecule has 0 aliphatic rings. The normalized spacial score (nSPS) is 11.8. The summed E-state index contributed by atoms with van der Waals surface area (Å²) in [4.78, 5) is 26.9. The maximum atomic E-state index is 12.5. The lowest BCUT2D eigenvalue weighted by Gasteiger charge is -2.25. The standard InChI is InChI=1S/C25H26BrN3O2/c1-17-14-21(26)12-13-23(17)28-24(30)16-29(3)18(2)20-10-7-11-22(15-20)27-25(31)19-8-5-4-6-9-19/h4-15,18H,16H2,1-3H3,(H,27,31)(H,28,30)/t18-/m1/s1. The summed E-state index contributed by atoms with van der Waals surface area (Å²) in [7, 11) is 1.91. The summed E-state index contributed by atoms with van der Waals surface area (Å²) < 4.78 is 0.980. The zero-order chi connectivity index (χ0) is 22.4. The van der Waals surface area contributed by atoms with E-state index in [4.69, 9.17) is 0 Å². The van der Waals surface area contributed by atoms with Gasteiger partial charge in [0.2, 0.25) is 5.91 Å². The highest BCUT2D eigenvalue weighted by atomic mass is 79.9. The number of aryl methyl sites for hydroxylation is 1. The van der Waals surface area contributed by atoms with Crippen molar-refractivity contribution in [3.8, 4) is 0 Å². The van der Waals surface area contributed by atoms with E-state index in [2.05, 4.69) is 26.6 Å². The minimum atomic E-state index is -0.150. The van der Waals surface area contributed by atoms with Gasteiger partial charge in [0.15, 0.2) is 0 Å². The number of benzene rings is 3. The summed E-state index contributed by atoms with van der Waals surface area (Å²) in [6, 6.07) is 22.6. The first-order chi connectivity index (χ1) is 14.8. The highest BCUT2D eigenvalue weighted by molar-refractivity contribution is 9.10. The Hall–Kier alpha value is -2.96. The van der Waals surface area contributed by atoms with Gasteiger partial charge in [-0.3, -0.25) is 14.5 Å². The van der Waals surface area contributed by atoms with Gasteiger partial charge in [-0.15, -0.1) is 0 Å². The molecule has 0 heterocycles. The van der Waals surface area contributed by atoms with Crippen LogP contribution < -0.4 is 10.6 Å². The molecule has 5 nitrogen and oxygen atoms in total. The molecule has 3 aromatic carbocycles. The first kappa shape index (κ1) is 22.7. The molecule has 0 unspecified atom stereocenters. The fourth-order valence-electron chi connectivity index (χ4n) is 3.24. The van der Waals surface area contributed by atoms with E-state index >= 15 is 0 Å². The molecule has 0 radical (unpaired) electrons. The highest BCUT2D eigenvalue weighted by Crippen LogP contribution is 2.23. The van der Waals surface area contributed by atoms with Crippen LogP contribution in [0.1, 0.15) is 34.5 Å². The van der Waals surface area contributed by atoms with E-state index in [1.54, 1.807) is 12.1 Å². The van der Waals surface area contributed by atoms with E-state index in [1.807, 2.05) is 86.5 Å². The Labute approximate surface area is 191 Å². The second-order valence-electron chi connectivity index (χ2n) is 7.54. The molecule has 1 atom stereocenters. The number of nitrogens with zero attached hydrogens (tertiary/aromatic N) is 1. The van der Waals surface area contributed by atoms with Gasteiger partial charge in [0.25, 0.3) is 5.91 Å². The summed E-state index contributed by atoms with van der Waals surface area (Å²) in [6.45, 7) is 4.25. The van der Waals surface area contributed by atoms with Crippen LogP contribution in [0.2, 0.25) is 0 Å². The van der Waals surface area contributed by atoms with Crippen molar-refractivity contribution >= 4 is 39.1 Å². The predicted molar refractivity (Wildman–Crippen MR) is 129 cm³/mol. The number of carbonyl (C=O) groups excluding carboxylic acids is 2. The van der Waals surface area contributed by atoms with Crippen LogP contribution in [0.4, 0.5) is 11.4 Å². The topological polar surface area (TPSA) is 61.4 Å². The van der Waals surface area contributed by atoms with Crippen molar-refractivity contribution in [2.75, 3.05) is 24.2 Å². The third kappa shape index (κ3) is 6.26. The molecule has 0 saturated carbocycles. The number of carbonyl (C=O) groups is 2. The van der Waals surface area contributed by atoms with Gasteiger partial charge in [-0.2, -0.15) is 0 Å². The summed E-state index contributed by atoms with van der Waals surface area (Å²) in [5.74, 6) is -0.226. The third-order valence-corrected chi connectivity index (χ3v) is 5.67. The molecule has 0 aliphatic carbocycles. The first-order valence-corrected chi connectivity index (χ1v) is 10.9. The van der Waals surface area contributed by atoms with Crippen LogP contribution in [-0.2, 0) is 4.79 Å². The van der Waals surface area contributed by atoms with E-state index in [0.717, 1.165) is 27.0 Å². The van der Waals surface area contributed by atoms with Crippen molar-refractivity contribution in [1.82, 2.24) is 4.90 Å². The molecule has 0 aromatic heterocycles. The van der Waals surface area contributed by atoms with Gasteiger partial charge >= 0.3 is 0 Å². The molecular weight excluding hydrogens is 454 g/mol. The lowest BCUT2D eigenvalue weighted by Crippen LogP contribution is -2.32. The summed E-state index contributed by atoms with van der Waals surface area (Å²) >= 11 is 3.43. The van der Waals surface area contributed by atoms with Crippen molar-refractivity contribution in [3.05, 3.63) is 94.0 Å². The van der Waals surface area contributed by atoms with Gasteiger partial charge < -0.3 is 10.6 Å². The van der Waals surface area contributed by atoms with E-state index in [1.165, 1.54) is 0 Å². The molecule has 0 spiro atoms. The molecule has 3 aromatic rings. The molecule has 2 amide bonds. The van der Waals surface area contributed by atoms with Crippen LogP contribution in [-0.4, -0.2) is 30.3 Å². The predicted octanol–water partition coefficient (Wildman–Crippen LogP) is 5.64. The molecule has 3 rings (SSSR count). The van der Waals surface area contributed by atoms with Gasteiger partial charge in [-0.25, -0.2) is 0 Å². The first-order valence-electron chi connectivity index (χ1n) is 10.1. The zero-order valence-electron chi connectivity index (χ0n) is 17.9. The van der Waals surface area contributed by atoms with Crippen LogP contribution in [0.25, 0.3) is 0 Å². The van der Waals surface area contributed by atoms with Crippen LogP contribution >= 0.6 is 15.9 Å². The molecule has 0 saturated heterocycles. The van der Waals surface area contributed by atoms with Gasteiger partial charge in [0, 0.05) is 27.5 Å². The second kappa shape index (κ2) is 10.4. The van der Waals surface area contributed by atoms with E-state index in [9.17, 15) is 9.59 Å². The lowest BCUT2D eigenvalue weighted by molar-refractivity contribution is -0.117. The van der Waals surface area contributed by atoms with Gasteiger partial charge in [0.05, 0.1) is 6.54 Å². The fourth-order valence-corrected chi connectivity index (χ4v) is 3.72. The average molecular weight is 480 g/mol. The number of amides is 2. The summed E-state index contributed by atoms with van der Waals surface area (Å²) in [6.07, 6.45) is 0. The Morgan fingerprint density at radius 3 is 2.42 bits per heavy atom. The van der Waals surface area contributed by atoms with Crippen LogP contribution in [0.15, 0.2) is 77.3 Å². The van der Waals surface area contributed by atoms with Gasteiger partial charge in [-0.1, -0.05) is 46.3 Å². The molecule has 160 valence electrons. The Kier molecular flexibility index (Phi) is 7.60. The number of anilines is 2. The smallest absolute Gasteiger partial charge is 0.255 e. The van der Waals surface area contributed by atoms with Crippen LogP contribution in [0.5, 0.6) is 0 Å². The Bertz CT molecular complexity index is 1070. The lowest BCUT2D eigenvalue weighted by atomic mass is 10.1. The van der Waals surface area contributed by atoms with Crippen LogP contribution in [0.3, 0.4) is 0 Å². The Balaban J connectivity index is 1.62. The fraction of sp³-hybridized carbons (Fsp3) is 0.200. The summed E-state index contributed by atoms with van der Waals surface area (Å²) in [5.41, 5.74) is 4.15. The molecule has 6 heteroatoms. The monoisotopic (exact) mass is 479 g/mol. The second-order valence-corrected chi connectivity index (χ2v) is 8.46. The van der Waals surface area contributed by atoms with Crippen molar-refractivity contribution in [2.45, 2.75) is 19.9 Å². The molecular formula is C25H26BrN3O2. The quantitative estimate of drug-likeness (QED) is 0.460. The highest BCUT2D eigenvalue weighted by Gasteiger charge is 2.16. The largest absolute Gasteiger partial charge is 0.325 e. The van der Waals surface area contributed by atoms with Gasteiger partial charge in [-0.05, 0) is 74.5 Å². The third-order valence-electron chi connectivity index (χ3n) is 5.18. The molecule has 31 heavy (non-hydrogen) atoms. The van der Waals surface area contributed by atoms with E-state index < -0.39 is 0 Å². The minimum Gasteiger partial charge on any atom is -0.325 e. The van der Waals surface area contributed by atoms with Crippen molar-refractivity contribution in [2.24, 2.45) is 0 Å².